The van der Waals surface area contributed by atoms with E-state index < -0.39 is 0 Å². The number of nitrogens with zero attached hydrogens (tertiary/aromatic N) is 4. The van der Waals surface area contributed by atoms with Gasteiger partial charge in [-0.05, 0) is 25.7 Å². The van der Waals surface area contributed by atoms with Crippen LogP contribution in [0.1, 0.15) is 25.7 Å². The third kappa shape index (κ3) is 6.75. The Hall–Kier alpha value is -1.14. The van der Waals surface area contributed by atoms with Crippen molar-refractivity contribution in [3.05, 3.63) is 50.6 Å². The summed E-state index contributed by atoms with van der Waals surface area (Å²) in [7, 11) is 0. The van der Waals surface area contributed by atoms with Gasteiger partial charge in [0.2, 0.25) is 12.7 Å². The van der Waals surface area contributed by atoms with Crippen LogP contribution in [-0.2, 0) is 13.1 Å². The van der Waals surface area contributed by atoms with E-state index in [-0.39, 0.29) is 34.0 Å². The van der Waals surface area contributed by atoms with Gasteiger partial charge in [0.25, 0.3) is 0 Å². The largest absolute Gasteiger partial charge is 1.00 e. The lowest BCUT2D eigenvalue weighted by Gasteiger charge is -1.98. The molecular weight excluding hydrogens is 408 g/mol. The van der Waals surface area contributed by atoms with Crippen molar-refractivity contribution in [1.82, 2.24) is 9.13 Å². The average Bonchev–Trinajstić information content (AvgIpc) is 3.11. The van der Waals surface area contributed by atoms with Crippen LogP contribution in [0, 0.1) is 0 Å². The first-order valence-electron chi connectivity index (χ1n) is 7.20. The molecule has 2 aromatic rings. The number of imidazole rings is 2. The molecule has 2 aromatic heterocycles. The monoisotopic (exact) mass is 430 g/mol. The summed E-state index contributed by atoms with van der Waals surface area (Å²) in [6.45, 7) is 9.65. The summed E-state index contributed by atoms with van der Waals surface area (Å²) in [4.78, 5) is 0. The molecular formula is C16H24Br2N4. The lowest BCUT2D eigenvalue weighted by molar-refractivity contribution is -0.567. The van der Waals surface area contributed by atoms with E-state index in [1.54, 1.807) is 0 Å². The molecule has 0 radical (unpaired) electrons. The summed E-state index contributed by atoms with van der Waals surface area (Å²) in [5.41, 5.74) is 0. The molecule has 0 unspecified atom stereocenters. The third-order valence-corrected chi connectivity index (χ3v) is 3.43. The summed E-state index contributed by atoms with van der Waals surface area (Å²) in [6, 6.07) is 0. The first-order chi connectivity index (χ1) is 9.81. The Balaban J connectivity index is 0.00000220. The van der Waals surface area contributed by atoms with Crippen molar-refractivity contribution in [2.24, 2.45) is 0 Å². The predicted molar refractivity (Wildman–Crippen MR) is 80.5 cm³/mol. The van der Waals surface area contributed by atoms with Gasteiger partial charge in [-0.15, -0.1) is 0 Å². The Morgan fingerprint density at radius 1 is 0.727 bits per heavy atom. The van der Waals surface area contributed by atoms with Crippen LogP contribution in [0.5, 0.6) is 0 Å². The van der Waals surface area contributed by atoms with Crippen LogP contribution in [0.15, 0.2) is 50.6 Å². The molecule has 0 aromatic carbocycles. The van der Waals surface area contributed by atoms with Crippen LogP contribution in [0.4, 0.5) is 0 Å². The molecule has 0 aliphatic rings. The van der Waals surface area contributed by atoms with Gasteiger partial charge in [0.15, 0.2) is 0 Å². The Labute approximate surface area is 153 Å². The minimum absolute atomic E-state index is 0. The van der Waals surface area contributed by atoms with Crippen LogP contribution in [0.25, 0.3) is 12.4 Å². The van der Waals surface area contributed by atoms with E-state index in [0.717, 1.165) is 13.1 Å². The maximum Gasteiger partial charge on any atom is 0.248 e. The SMILES string of the molecule is C=C[n+]1ccn(CCCCCCn2cc[n+](C=C)c2)c1.[Br-].[Br-]. The Morgan fingerprint density at radius 2 is 1.14 bits per heavy atom. The van der Waals surface area contributed by atoms with Gasteiger partial charge in [-0.25, -0.2) is 18.3 Å². The molecule has 122 valence electrons. The normalized spacial score (nSPS) is 9.64. The van der Waals surface area contributed by atoms with E-state index in [1.807, 2.05) is 33.9 Å². The smallest absolute Gasteiger partial charge is 0.248 e. The molecule has 0 bridgehead atoms. The van der Waals surface area contributed by atoms with Gasteiger partial charge in [-0.3, -0.25) is 0 Å². The molecule has 4 nitrogen and oxygen atoms in total. The van der Waals surface area contributed by atoms with Gasteiger partial charge in [0.1, 0.15) is 24.8 Å². The first-order valence-corrected chi connectivity index (χ1v) is 7.20. The van der Waals surface area contributed by atoms with E-state index in [9.17, 15) is 0 Å². The van der Waals surface area contributed by atoms with Crippen LogP contribution in [0.2, 0.25) is 0 Å². The maximum atomic E-state index is 3.74. The van der Waals surface area contributed by atoms with Crippen molar-refractivity contribution >= 4 is 12.4 Å². The quantitative estimate of drug-likeness (QED) is 0.287. The van der Waals surface area contributed by atoms with Gasteiger partial charge in [-0.2, -0.15) is 0 Å². The summed E-state index contributed by atoms with van der Waals surface area (Å²) in [6.07, 6.45) is 21.0. The maximum absolute atomic E-state index is 3.74. The molecule has 0 atom stereocenters. The summed E-state index contributed by atoms with van der Waals surface area (Å²) in [5, 5.41) is 0. The van der Waals surface area contributed by atoms with Crippen molar-refractivity contribution < 1.29 is 43.1 Å². The summed E-state index contributed by atoms with van der Waals surface area (Å²) in [5.74, 6) is 0. The highest BCUT2D eigenvalue weighted by Gasteiger charge is 2.02. The number of aromatic nitrogens is 4. The van der Waals surface area contributed by atoms with Crippen molar-refractivity contribution in [2.45, 2.75) is 38.8 Å². The fourth-order valence-corrected chi connectivity index (χ4v) is 2.24. The topological polar surface area (TPSA) is 17.6 Å². The zero-order chi connectivity index (χ0) is 14.2. The van der Waals surface area contributed by atoms with Gasteiger partial charge < -0.3 is 34.0 Å². The third-order valence-electron chi connectivity index (χ3n) is 3.43. The molecule has 0 N–H and O–H groups in total. The molecule has 0 saturated heterocycles. The van der Waals surface area contributed by atoms with E-state index >= 15 is 0 Å². The fourth-order valence-electron chi connectivity index (χ4n) is 2.24. The number of halogens is 2. The van der Waals surface area contributed by atoms with Crippen LogP contribution < -0.4 is 43.1 Å². The van der Waals surface area contributed by atoms with Crippen molar-refractivity contribution in [1.29, 1.82) is 0 Å². The molecule has 0 spiro atoms. The van der Waals surface area contributed by atoms with E-state index in [4.69, 9.17) is 0 Å². The standard InChI is InChI=1S/C16H24N4.2BrH/c1-3-17-11-13-19(15-17)9-7-5-6-8-10-20-14-12-18(4-2)16-20;;/h3-4,11-16H,1-2,5-10H2;2*1H/q+2;;/p-2. The second-order valence-electron chi connectivity index (χ2n) is 4.98. The van der Waals surface area contributed by atoms with Crippen LogP contribution >= 0.6 is 0 Å². The number of hydrogen-bond donors (Lipinski definition) is 0. The molecule has 2 heterocycles. The van der Waals surface area contributed by atoms with Crippen LogP contribution in [0.3, 0.4) is 0 Å². The Bertz CT molecular complexity index is 510. The Morgan fingerprint density at radius 3 is 1.45 bits per heavy atom. The average molecular weight is 432 g/mol. The van der Waals surface area contributed by atoms with Crippen molar-refractivity contribution in [3.63, 3.8) is 0 Å². The second kappa shape index (κ2) is 11.4. The van der Waals surface area contributed by atoms with Gasteiger partial charge in [0, 0.05) is 0 Å². The molecule has 0 aliphatic heterocycles. The van der Waals surface area contributed by atoms with Gasteiger partial charge in [0.05, 0.1) is 25.5 Å². The highest BCUT2D eigenvalue weighted by Crippen LogP contribution is 2.03. The molecule has 22 heavy (non-hydrogen) atoms. The highest BCUT2D eigenvalue weighted by atomic mass is 79.9. The zero-order valence-corrected chi connectivity index (χ0v) is 16.0. The summed E-state index contributed by atoms with van der Waals surface area (Å²) < 4.78 is 8.36. The zero-order valence-electron chi connectivity index (χ0n) is 12.8. The van der Waals surface area contributed by atoms with Gasteiger partial charge >= 0.3 is 0 Å². The molecule has 0 fully saturated rings. The minimum atomic E-state index is 0. The number of unbranched alkanes of at least 4 members (excludes halogenated alkanes) is 3. The number of aryl methyl sites for hydroxylation is 2. The van der Waals surface area contributed by atoms with Gasteiger partial charge in [-0.1, -0.05) is 13.2 Å². The lowest BCUT2D eigenvalue weighted by atomic mass is 10.2. The van der Waals surface area contributed by atoms with E-state index in [2.05, 4.69) is 47.3 Å². The summed E-state index contributed by atoms with van der Waals surface area (Å²) >= 11 is 0. The molecule has 2 rings (SSSR count). The van der Waals surface area contributed by atoms with E-state index in [0.29, 0.717) is 0 Å². The molecule has 6 heteroatoms. The molecule has 0 aliphatic carbocycles. The fraction of sp³-hybridized carbons (Fsp3) is 0.375. The first kappa shape index (κ1) is 20.9. The van der Waals surface area contributed by atoms with E-state index in [1.165, 1.54) is 25.7 Å². The number of rotatable bonds is 9. The van der Waals surface area contributed by atoms with Crippen LogP contribution in [-0.4, -0.2) is 9.13 Å². The van der Waals surface area contributed by atoms with Crippen molar-refractivity contribution in [3.8, 4) is 0 Å². The lowest BCUT2D eigenvalue weighted by Crippen LogP contribution is -3.00. The molecule has 0 amide bonds. The highest BCUT2D eigenvalue weighted by molar-refractivity contribution is 4.95. The minimum Gasteiger partial charge on any atom is -1.00 e. The predicted octanol–water partition coefficient (Wildman–Crippen LogP) is -3.67. The molecule has 0 saturated carbocycles. The van der Waals surface area contributed by atoms with Crippen molar-refractivity contribution in [2.75, 3.05) is 0 Å². The second-order valence-corrected chi connectivity index (χ2v) is 4.98. The Kier molecular flexibility index (Phi) is 10.8. The number of hydrogen-bond acceptors (Lipinski definition) is 0.